The summed E-state index contributed by atoms with van der Waals surface area (Å²) in [7, 11) is 0. The largest absolute Gasteiger partial charge is 0.280 e. The minimum absolute atomic E-state index is 0.202. The van der Waals surface area contributed by atoms with Gasteiger partial charge in [-0.15, -0.1) is 0 Å². The predicted octanol–water partition coefficient (Wildman–Crippen LogP) is 4.90. The molecule has 0 aliphatic rings. The first-order valence-corrected chi connectivity index (χ1v) is 7.93. The molecule has 0 bridgehead atoms. The van der Waals surface area contributed by atoms with Crippen LogP contribution in [0.3, 0.4) is 0 Å². The maximum atomic E-state index is 9.65. The lowest BCUT2D eigenvalue weighted by Gasteiger charge is -2.26. The maximum Gasteiger partial charge on any atom is 0.124 e. The van der Waals surface area contributed by atoms with Gasteiger partial charge in [-0.3, -0.25) is 4.90 Å². The van der Waals surface area contributed by atoms with Crippen molar-refractivity contribution < 1.29 is 0 Å². The Morgan fingerprint density at radius 1 is 0.955 bits per heavy atom. The fraction of sp³-hybridized carbons (Fsp3) is 0.350. The third-order valence-electron chi connectivity index (χ3n) is 4.04. The summed E-state index contributed by atoms with van der Waals surface area (Å²) in [4.78, 5) is 2.21. The number of rotatable bonds is 6. The van der Waals surface area contributed by atoms with Crippen molar-refractivity contribution >= 4 is 0 Å². The Hall–Kier alpha value is -2.11. The summed E-state index contributed by atoms with van der Waals surface area (Å²) >= 11 is 0. The average Bonchev–Trinajstić information content (AvgIpc) is 2.56. The number of benzene rings is 2. The van der Waals surface area contributed by atoms with Gasteiger partial charge in [0.1, 0.15) is 6.04 Å². The monoisotopic (exact) mass is 292 g/mol. The van der Waals surface area contributed by atoms with Gasteiger partial charge in [0.2, 0.25) is 0 Å². The lowest BCUT2D eigenvalue weighted by molar-refractivity contribution is 0.239. The van der Waals surface area contributed by atoms with Crippen LogP contribution in [0.2, 0.25) is 0 Å². The van der Waals surface area contributed by atoms with E-state index in [0.717, 1.165) is 18.7 Å². The molecule has 2 aromatic carbocycles. The van der Waals surface area contributed by atoms with Crippen molar-refractivity contribution in [3.8, 4) is 6.07 Å². The van der Waals surface area contributed by atoms with E-state index in [0.29, 0.717) is 5.92 Å². The van der Waals surface area contributed by atoms with Crippen LogP contribution in [0.5, 0.6) is 0 Å². The quantitative estimate of drug-likeness (QED) is 0.757. The molecule has 2 rings (SSSR count). The van der Waals surface area contributed by atoms with Crippen LogP contribution in [0, 0.1) is 11.3 Å². The molecule has 0 radical (unpaired) electrons. The first-order valence-electron chi connectivity index (χ1n) is 7.93. The normalized spacial score (nSPS) is 12.4. The second-order valence-electron chi connectivity index (χ2n) is 5.90. The minimum atomic E-state index is -0.202. The minimum Gasteiger partial charge on any atom is -0.280 e. The van der Waals surface area contributed by atoms with E-state index in [1.54, 1.807) is 0 Å². The van der Waals surface area contributed by atoms with Gasteiger partial charge in [0.15, 0.2) is 0 Å². The zero-order valence-electron chi connectivity index (χ0n) is 13.7. The molecule has 0 spiro atoms. The van der Waals surface area contributed by atoms with Crippen LogP contribution in [0.25, 0.3) is 0 Å². The molecule has 0 fully saturated rings. The van der Waals surface area contributed by atoms with Gasteiger partial charge in [0.05, 0.1) is 6.07 Å². The van der Waals surface area contributed by atoms with E-state index in [4.69, 9.17) is 0 Å². The lowest BCUT2D eigenvalue weighted by atomic mass is 9.98. The number of nitriles is 1. The molecule has 1 atom stereocenters. The third kappa shape index (κ3) is 3.96. The zero-order chi connectivity index (χ0) is 15.9. The van der Waals surface area contributed by atoms with E-state index >= 15 is 0 Å². The summed E-state index contributed by atoms with van der Waals surface area (Å²) in [6, 6.07) is 21.1. The summed E-state index contributed by atoms with van der Waals surface area (Å²) < 4.78 is 0. The van der Waals surface area contributed by atoms with Crippen LogP contribution in [-0.4, -0.2) is 11.4 Å². The lowest BCUT2D eigenvalue weighted by Crippen LogP contribution is -2.27. The molecule has 2 heteroatoms. The van der Waals surface area contributed by atoms with Gasteiger partial charge in [-0.05, 0) is 29.2 Å². The standard InChI is InChI=1S/C20H24N2/c1-4-22(15-17-8-6-5-7-9-17)20(14-21)19-12-10-18(11-13-19)16(2)3/h5-13,16,20H,4,15H2,1-3H3. The predicted molar refractivity (Wildman–Crippen MR) is 91.4 cm³/mol. The van der Waals surface area contributed by atoms with Gasteiger partial charge in [0, 0.05) is 6.54 Å². The van der Waals surface area contributed by atoms with E-state index in [2.05, 4.69) is 68.1 Å². The van der Waals surface area contributed by atoms with Crippen molar-refractivity contribution in [2.24, 2.45) is 0 Å². The SMILES string of the molecule is CCN(Cc1ccccc1)C(C#N)c1ccc(C(C)C)cc1. The highest BCUT2D eigenvalue weighted by Gasteiger charge is 2.19. The van der Waals surface area contributed by atoms with Crippen molar-refractivity contribution in [1.82, 2.24) is 4.90 Å². The molecule has 0 amide bonds. The van der Waals surface area contributed by atoms with Crippen LogP contribution in [0.15, 0.2) is 54.6 Å². The second-order valence-corrected chi connectivity index (χ2v) is 5.90. The molecule has 1 unspecified atom stereocenters. The summed E-state index contributed by atoms with van der Waals surface area (Å²) in [5.74, 6) is 0.515. The molecule has 2 aromatic rings. The van der Waals surface area contributed by atoms with Crippen LogP contribution >= 0.6 is 0 Å². The van der Waals surface area contributed by atoms with Crippen LogP contribution < -0.4 is 0 Å². The average molecular weight is 292 g/mol. The molecule has 0 saturated heterocycles. The summed E-state index contributed by atoms with van der Waals surface area (Å²) in [6.45, 7) is 8.12. The number of nitrogens with zero attached hydrogens (tertiary/aromatic N) is 2. The first-order chi connectivity index (χ1) is 10.7. The van der Waals surface area contributed by atoms with Gasteiger partial charge in [0.25, 0.3) is 0 Å². The number of hydrogen-bond acceptors (Lipinski definition) is 2. The van der Waals surface area contributed by atoms with Crippen molar-refractivity contribution in [2.45, 2.75) is 39.3 Å². The van der Waals surface area contributed by atoms with Gasteiger partial charge in [-0.2, -0.15) is 5.26 Å². The first kappa shape index (κ1) is 16.3. The Balaban J connectivity index is 2.19. The van der Waals surface area contributed by atoms with E-state index in [1.165, 1.54) is 11.1 Å². The van der Waals surface area contributed by atoms with Crippen molar-refractivity contribution in [2.75, 3.05) is 6.54 Å². The molecule has 0 aliphatic carbocycles. The molecular formula is C20H24N2. The molecule has 114 valence electrons. The molecule has 0 aliphatic heterocycles. The molecule has 0 N–H and O–H groups in total. The van der Waals surface area contributed by atoms with Gasteiger partial charge >= 0.3 is 0 Å². The molecular weight excluding hydrogens is 268 g/mol. The molecule has 0 saturated carbocycles. The van der Waals surface area contributed by atoms with Crippen molar-refractivity contribution in [3.63, 3.8) is 0 Å². The highest BCUT2D eigenvalue weighted by Crippen LogP contribution is 2.24. The highest BCUT2D eigenvalue weighted by atomic mass is 15.1. The van der Waals surface area contributed by atoms with Crippen LogP contribution in [-0.2, 0) is 6.54 Å². The Morgan fingerprint density at radius 3 is 2.05 bits per heavy atom. The maximum absolute atomic E-state index is 9.65. The highest BCUT2D eigenvalue weighted by molar-refractivity contribution is 5.30. The Labute approximate surface area is 134 Å². The zero-order valence-corrected chi connectivity index (χ0v) is 13.7. The molecule has 0 aromatic heterocycles. The third-order valence-corrected chi connectivity index (χ3v) is 4.04. The van der Waals surface area contributed by atoms with E-state index in [9.17, 15) is 5.26 Å². The summed E-state index contributed by atoms with van der Waals surface area (Å²) in [6.07, 6.45) is 0. The fourth-order valence-electron chi connectivity index (χ4n) is 2.63. The Kier molecular flexibility index (Phi) is 5.75. The van der Waals surface area contributed by atoms with Gasteiger partial charge in [-0.25, -0.2) is 0 Å². The second kappa shape index (κ2) is 7.77. The van der Waals surface area contributed by atoms with Crippen LogP contribution in [0.1, 0.15) is 49.4 Å². The Bertz CT molecular complexity index is 608. The van der Waals surface area contributed by atoms with E-state index < -0.39 is 0 Å². The van der Waals surface area contributed by atoms with Gasteiger partial charge < -0.3 is 0 Å². The molecule has 2 nitrogen and oxygen atoms in total. The number of hydrogen-bond donors (Lipinski definition) is 0. The van der Waals surface area contributed by atoms with Crippen molar-refractivity contribution in [3.05, 3.63) is 71.3 Å². The topological polar surface area (TPSA) is 27.0 Å². The summed E-state index contributed by atoms with van der Waals surface area (Å²) in [5, 5.41) is 9.65. The van der Waals surface area contributed by atoms with Gasteiger partial charge in [-0.1, -0.05) is 75.4 Å². The van der Waals surface area contributed by atoms with Crippen molar-refractivity contribution in [1.29, 1.82) is 5.26 Å². The smallest absolute Gasteiger partial charge is 0.124 e. The summed E-state index contributed by atoms with van der Waals surface area (Å²) in [5.41, 5.74) is 3.62. The van der Waals surface area contributed by atoms with E-state index in [-0.39, 0.29) is 6.04 Å². The fourth-order valence-corrected chi connectivity index (χ4v) is 2.63. The van der Waals surface area contributed by atoms with Crippen LogP contribution in [0.4, 0.5) is 0 Å². The molecule has 0 heterocycles. The Morgan fingerprint density at radius 2 is 1.55 bits per heavy atom. The van der Waals surface area contributed by atoms with E-state index in [1.807, 2.05) is 18.2 Å². The molecule has 22 heavy (non-hydrogen) atoms.